The number of nitrogens with one attached hydrogen (secondary N) is 1. The maximum atomic E-state index is 13.4. The fraction of sp³-hybridized carbons (Fsp3) is 0.357. The standard InChI is InChI=1S/C14H18FN3/c1-3-6-17-11(2)13-9-12(15)4-5-14(13)18-8-7-16-10-18/h4-5,7-11,17H,3,6H2,1-2H3. The van der Waals surface area contributed by atoms with Crippen LogP contribution in [0.4, 0.5) is 4.39 Å². The van der Waals surface area contributed by atoms with E-state index in [1.807, 2.05) is 17.7 Å². The molecule has 18 heavy (non-hydrogen) atoms. The minimum Gasteiger partial charge on any atom is -0.310 e. The molecule has 1 unspecified atom stereocenters. The zero-order valence-corrected chi connectivity index (χ0v) is 10.7. The van der Waals surface area contributed by atoms with Gasteiger partial charge in [0.1, 0.15) is 5.82 Å². The van der Waals surface area contributed by atoms with Gasteiger partial charge in [-0.2, -0.15) is 0 Å². The number of aromatic nitrogens is 2. The first-order chi connectivity index (χ1) is 8.72. The molecule has 1 aromatic heterocycles. The van der Waals surface area contributed by atoms with Gasteiger partial charge in [0.25, 0.3) is 0 Å². The van der Waals surface area contributed by atoms with Gasteiger partial charge in [0.2, 0.25) is 0 Å². The maximum Gasteiger partial charge on any atom is 0.123 e. The molecule has 1 atom stereocenters. The summed E-state index contributed by atoms with van der Waals surface area (Å²) in [6.07, 6.45) is 6.36. The number of halogens is 1. The third-order valence-corrected chi connectivity index (χ3v) is 2.94. The van der Waals surface area contributed by atoms with Crippen molar-refractivity contribution in [1.29, 1.82) is 0 Å². The number of imidazole rings is 1. The molecule has 0 saturated carbocycles. The van der Waals surface area contributed by atoms with Gasteiger partial charge in [0, 0.05) is 18.4 Å². The summed E-state index contributed by atoms with van der Waals surface area (Å²) in [6, 6.07) is 4.96. The van der Waals surface area contributed by atoms with Crippen molar-refractivity contribution in [3.8, 4) is 5.69 Å². The molecular formula is C14H18FN3. The Kier molecular flexibility index (Phi) is 4.10. The van der Waals surface area contributed by atoms with Crippen molar-refractivity contribution in [3.05, 3.63) is 48.3 Å². The summed E-state index contributed by atoms with van der Waals surface area (Å²) in [5.74, 6) is -0.209. The van der Waals surface area contributed by atoms with Crippen molar-refractivity contribution < 1.29 is 4.39 Å². The van der Waals surface area contributed by atoms with E-state index in [9.17, 15) is 4.39 Å². The Hall–Kier alpha value is -1.68. The van der Waals surface area contributed by atoms with Gasteiger partial charge >= 0.3 is 0 Å². The van der Waals surface area contributed by atoms with Crippen LogP contribution < -0.4 is 5.32 Å². The molecule has 0 bridgehead atoms. The molecule has 2 aromatic rings. The van der Waals surface area contributed by atoms with E-state index < -0.39 is 0 Å². The van der Waals surface area contributed by atoms with Crippen LogP contribution in [0.2, 0.25) is 0 Å². The monoisotopic (exact) mass is 247 g/mol. The van der Waals surface area contributed by atoms with E-state index in [0.717, 1.165) is 24.2 Å². The van der Waals surface area contributed by atoms with Crippen molar-refractivity contribution in [3.63, 3.8) is 0 Å². The van der Waals surface area contributed by atoms with Crippen LogP contribution in [0.5, 0.6) is 0 Å². The third-order valence-electron chi connectivity index (χ3n) is 2.94. The van der Waals surface area contributed by atoms with Crippen LogP contribution in [0.15, 0.2) is 36.9 Å². The lowest BCUT2D eigenvalue weighted by atomic mass is 10.1. The van der Waals surface area contributed by atoms with Crippen molar-refractivity contribution in [1.82, 2.24) is 14.9 Å². The van der Waals surface area contributed by atoms with Crippen LogP contribution in [0.1, 0.15) is 31.9 Å². The SMILES string of the molecule is CCCNC(C)c1cc(F)ccc1-n1ccnc1. The largest absolute Gasteiger partial charge is 0.310 e. The fourth-order valence-electron chi connectivity index (χ4n) is 1.98. The number of hydrogen-bond donors (Lipinski definition) is 1. The Morgan fingerprint density at radius 2 is 2.28 bits per heavy atom. The van der Waals surface area contributed by atoms with Crippen molar-refractivity contribution in [2.24, 2.45) is 0 Å². The Bertz CT molecular complexity index is 494. The molecule has 0 aliphatic carbocycles. The molecule has 4 heteroatoms. The first-order valence-corrected chi connectivity index (χ1v) is 6.23. The van der Waals surface area contributed by atoms with Gasteiger partial charge in [-0.1, -0.05) is 6.92 Å². The second-order valence-electron chi connectivity index (χ2n) is 4.35. The molecule has 3 nitrogen and oxygen atoms in total. The summed E-state index contributed by atoms with van der Waals surface area (Å²) in [5, 5.41) is 3.38. The molecule has 0 fully saturated rings. The normalized spacial score (nSPS) is 12.6. The van der Waals surface area contributed by atoms with Crippen LogP contribution in [0, 0.1) is 5.82 Å². The predicted molar refractivity (Wildman–Crippen MR) is 70.2 cm³/mol. The molecule has 0 radical (unpaired) electrons. The van der Waals surface area contributed by atoms with E-state index in [4.69, 9.17) is 0 Å². The lowest BCUT2D eigenvalue weighted by molar-refractivity contribution is 0.560. The highest BCUT2D eigenvalue weighted by Crippen LogP contribution is 2.22. The summed E-state index contributed by atoms with van der Waals surface area (Å²) < 4.78 is 15.3. The molecular weight excluding hydrogens is 229 g/mol. The van der Waals surface area contributed by atoms with Crippen molar-refractivity contribution in [2.45, 2.75) is 26.3 Å². The van der Waals surface area contributed by atoms with Gasteiger partial charge in [-0.25, -0.2) is 9.37 Å². The van der Waals surface area contributed by atoms with Gasteiger partial charge in [0.15, 0.2) is 0 Å². The minimum absolute atomic E-state index is 0.109. The molecule has 1 aromatic carbocycles. The molecule has 0 spiro atoms. The van der Waals surface area contributed by atoms with E-state index in [2.05, 4.69) is 17.2 Å². The van der Waals surface area contributed by atoms with E-state index in [1.54, 1.807) is 24.7 Å². The van der Waals surface area contributed by atoms with E-state index in [0.29, 0.717) is 0 Å². The van der Waals surface area contributed by atoms with E-state index in [-0.39, 0.29) is 11.9 Å². The Morgan fingerprint density at radius 3 is 2.94 bits per heavy atom. The summed E-state index contributed by atoms with van der Waals surface area (Å²) in [7, 11) is 0. The molecule has 96 valence electrons. The molecule has 0 amide bonds. The first-order valence-electron chi connectivity index (χ1n) is 6.23. The lowest BCUT2D eigenvalue weighted by Crippen LogP contribution is -2.20. The quantitative estimate of drug-likeness (QED) is 0.880. The smallest absolute Gasteiger partial charge is 0.123 e. The molecule has 2 rings (SSSR count). The van der Waals surface area contributed by atoms with E-state index >= 15 is 0 Å². The first kappa shape index (κ1) is 12.8. The van der Waals surface area contributed by atoms with Crippen LogP contribution >= 0.6 is 0 Å². The van der Waals surface area contributed by atoms with Gasteiger partial charge in [-0.15, -0.1) is 0 Å². The zero-order valence-electron chi connectivity index (χ0n) is 10.7. The summed E-state index contributed by atoms with van der Waals surface area (Å²) in [4.78, 5) is 4.03. The van der Waals surface area contributed by atoms with Crippen LogP contribution in [0.25, 0.3) is 5.69 Å². The molecule has 0 aliphatic rings. The zero-order chi connectivity index (χ0) is 13.0. The Morgan fingerprint density at radius 1 is 1.44 bits per heavy atom. The highest BCUT2D eigenvalue weighted by Gasteiger charge is 2.12. The second-order valence-corrected chi connectivity index (χ2v) is 4.35. The van der Waals surface area contributed by atoms with Crippen molar-refractivity contribution in [2.75, 3.05) is 6.54 Å². The Labute approximate surface area is 107 Å². The predicted octanol–water partition coefficient (Wildman–Crippen LogP) is 3.07. The number of nitrogens with zero attached hydrogens (tertiary/aromatic N) is 2. The number of benzene rings is 1. The molecule has 0 saturated heterocycles. The summed E-state index contributed by atoms with van der Waals surface area (Å²) in [6.45, 7) is 5.08. The van der Waals surface area contributed by atoms with Gasteiger partial charge < -0.3 is 9.88 Å². The average Bonchev–Trinajstić information content (AvgIpc) is 2.89. The van der Waals surface area contributed by atoms with Crippen molar-refractivity contribution >= 4 is 0 Å². The number of hydrogen-bond acceptors (Lipinski definition) is 2. The van der Waals surface area contributed by atoms with Crippen LogP contribution in [-0.2, 0) is 0 Å². The highest BCUT2D eigenvalue weighted by molar-refractivity contribution is 5.43. The second kappa shape index (κ2) is 5.78. The number of rotatable bonds is 5. The van der Waals surface area contributed by atoms with Crippen LogP contribution in [0.3, 0.4) is 0 Å². The minimum atomic E-state index is -0.209. The topological polar surface area (TPSA) is 29.9 Å². The fourth-order valence-corrected chi connectivity index (χ4v) is 1.98. The molecule has 1 N–H and O–H groups in total. The summed E-state index contributed by atoms with van der Waals surface area (Å²) >= 11 is 0. The van der Waals surface area contributed by atoms with Gasteiger partial charge in [0.05, 0.1) is 12.0 Å². The Balaban J connectivity index is 2.35. The molecule has 0 aliphatic heterocycles. The van der Waals surface area contributed by atoms with Gasteiger partial charge in [-0.05, 0) is 43.7 Å². The summed E-state index contributed by atoms with van der Waals surface area (Å²) in [5.41, 5.74) is 1.91. The molecule has 1 heterocycles. The van der Waals surface area contributed by atoms with E-state index in [1.165, 1.54) is 6.07 Å². The maximum absolute atomic E-state index is 13.4. The highest BCUT2D eigenvalue weighted by atomic mass is 19.1. The average molecular weight is 247 g/mol. The van der Waals surface area contributed by atoms with Crippen LogP contribution in [-0.4, -0.2) is 16.1 Å². The van der Waals surface area contributed by atoms with Gasteiger partial charge in [-0.3, -0.25) is 0 Å². The third kappa shape index (κ3) is 2.76. The lowest BCUT2D eigenvalue weighted by Gasteiger charge is -2.18.